The van der Waals surface area contributed by atoms with Crippen LogP contribution in [0.1, 0.15) is 25.8 Å². The number of urea groups is 1. The van der Waals surface area contributed by atoms with Crippen LogP contribution in [-0.2, 0) is 11.3 Å². The van der Waals surface area contributed by atoms with Gasteiger partial charge in [-0.15, -0.1) is 0 Å². The van der Waals surface area contributed by atoms with Gasteiger partial charge in [-0.05, 0) is 23.6 Å². The van der Waals surface area contributed by atoms with Crippen LogP contribution in [0.25, 0.3) is 0 Å². The number of ether oxygens (including phenoxy) is 3. The van der Waals surface area contributed by atoms with Gasteiger partial charge in [-0.2, -0.15) is 0 Å². The maximum Gasteiger partial charge on any atom is 0.326 e. The number of carboxylic acids is 1. The Hall–Kier alpha value is -2.64. The molecule has 0 saturated carbocycles. The third-order valence-electron chi connectivity index (χ3n) is 3.94. The van der Waals surface area contributed by atoms with Crippen LogP contribution >= 0.6 is 0 Å². The second-order valence-electron chi connectivity index (χ2n) is 5.56. The minimum absolute atomic E-state index is 0.176. The molecule has 0 radical (unpaired) electrons. The zero-order valence-corrected chi connectivity index (χ0v) is 15.2. The Morgan fingerprint density at radius 1 is 1.12 bits per heavy atom. The van der Waals surface area contributed by atoms with Crippen molar-refractivity contribution < 1.29 is 28.9 Å². The maximum absolute atomic E-state index is 12.0. The van der Waals surface area contributed by atoms with Crippen LogP contribution in [0.2, 0.25) is 0 Å². The molecule has 25 heavy (non-hydrogen) atoms. The molecule has 0 aliphatic heterocycles. The third-order valence-corrected chi connectivity index (χ3v) is 3.94. The second kappa shape index (κ2) is 9.61. The summed E-state index contributed by atoms with van der Waals surface area (Å²) in [5, 5.41) is 14.3. The van der Waals surface area contributed by atoms with Crippen LogP contribution in [0, 0.1) is 5.92 Å². The Labute approximate surface area is 147 Å². The lowest BCUT2D eigenvalue weighted by Gasteiger charge is -2.20. The van der Waals surface area contributed by atoms with E-state index in [9.17, 15) is 14.7 Å². The molecular weight excluding hydrogens is 328 g/mol. The van der Waals surface area contributed by atoms with Gasteiger partial charge in [-0.1, -0.05) is 20.3 Å². The summed E-state index contributed by atoms with van der Waals surface area (Å²) in [4.78, 5) is 23.3. The summed E-state index contributed by atoms with van der Waals surface area (Å²) >= 11 is 0. The van der Waals surface area contributed by atoms with Crippen molar-refractivity contribution in [3.05, 3.63) is 17.7 Å². The van der Waals surface area contributed by atoms with Gasteiger partial charge in [0.05, 0.1) is 21.3 Å². The molecule has 0 bridgehead atoms. The minimum atomic E-state index is -1.06. The van der Waals surface area contributed by atoms with Crippen LogP contribution in [0.3, 0.4) is 0 Å². The maximum atomic E-state index is 12.0. The van der Waals surface area contributed by atoms with E-state index in [0.29, 0.717) is 23.7 Å². The summed E-state index contributed by atoms with van der Waals surface area (Å²) in [6, 6.07) is 1.93. The molecule has 0 heterocycles. The summed E-state index contributed by atoms with van der Waals surface area (Å²) in [6.45, 7) is 3.82. The third kappa shape index (κ3) is 5.44. The smallest absolute Gasteiger partial charge is 0.326 e. The quantitative estimate of drug-likeness (QED) is 0.626. The largest absolute Gasteiger partial charge is 0.493 e. The topological polar surface area (TPSA) is 106 Å². The van der Waals surface area contributed by atoms with E-state index in [1.54, 1.807) is 19.1 Å². The number of methoxy groups -OCH3 is 3. The van der Waals surface area contributed by atoms with E-state index in [2.05, 4.69) is 10.6 Å². The van der Waals surface area contributed by atoms with Crippen molar-refractivity contribution in [3.63, 3.8) is 0 Å². The van der Waals surface area contributed by atoms with Gasteiger partial charge in [0.2, 0.25) is 5.75 Å². The normalized spacial score (nSPS) is 12.7. The van der Waals surface area contributed by atoms with Crippen LogP contribution in [0.5, 0.6) is 17.2 Å². The number of nitrogens with one attached hydrogen (secondary N) is 2. The van der Waals surface area contributed by atoms with E-state index < -0.39 is 18.0 Å². The number of carbonyl (C=O) groups is 2. The number of benzene rings is 1. The van der Waals surface area contributed by atoms with E-state index in [4.69, 9.17) is 14.2 Å². The average Bonchev–Trinajstić information content (AvgIpc) is 2.62. The summed E-state index contributed by atoms with van der Waals surface area (Å²) in [5.74, 6) is 0.173. The monoisotopic (exact) mass is 354 g/mol. The Morgan fingerprint density at radius 3 is 2.08 bits per heavy atom. The highest BCUT2D eigenvalue weighted by atomic mass is 16.5. The number of rotatable bonds is 9. The van der Waals surface area contributed by atoms with Crippen LogP contribution in [0.4, 0.5) is 4.79 Å². The zero-order valence-electron chi connectivity index (χ0n) is 15.2. The van der Waals surface area contributed by atoms with Gasteiger partial charge in [0.15, 0.2) is 11.5 Å². The molecule has 2 amide bonds. The number of amides is 2. The fourth-order valence-corrected chi connectivity index (χ4v) is 2.30. The second-order valence-corrected chi connectivity index (χ2v) is 5.56. The SMILES string of the molecule is CCC(C)C(NC(=O)NCc1cc(OC)c(OC)c(OC)c1)C(=O)O. The molecular formula is C17H26N2O6. The zero-order chi connectivity index (χ0) is 19.0. The van der Waals surface area contributed by atoms with Crippen molar-refractivity contribution >= 4 is 12.0 Å². The molecule has 0 aliphatic rings. The molecule has 0 aliphatic carbocycles. The Balaban J connectivity index is 2.80. The van der Waals surface area contributed by atoms with Gasteiger partial charge in [0.25, 0.3) is 0 Å². The first-order chi connectivity index (χ1) is 11.9. The number of hydrogen-bond acceptors (Lipinski definition) is 5. The molecule has 3 N–H and O–H groups in total. The Kier molecular flexibility index (Phi) is 7.84. The van der Waals surface area contributed by atoms with E-state index in [1.807, 2.05) is 6.92 Å². The molecule has 0 spiro atoms. The summed E-state index contributed by atoms with van der Waals surface area (Å²) < 4.78 is 15.8. The van der Waals surface area contributed by atoms with Crippen molar-refractivity contribution in [2.24, 2.45) is 5.92 Å². The molecule has 1 aromatic carbocycles. The first-order valence-electron chi connectivity index (χ1n) is 7.93. The van der Waals surface area contributed by atoms with E-state index in [0.717, 1.165) is 5.56 Å². The summed E-state index contributed by atoms with van der Waals surface area (Å²) in [5.41, 5.74) is 0.722. The molecule has 1 aromatic rings. The van der Waals surface area contributed by atoms with E-state index in [-0.39, 0.29) is 12.5 Å². The fourth-order valence-electron chi connectivity index (χ4n) is 2.30. The first-order valence-corrected chi connectivity index (χ1v) is 7.93. The Bertz CT molecular complexity index is 580. The van der Waals surface area contributed by atoms with Crippen molar-refractivity contribution in [1.29, 1.82) is 0 Å². The Morgan fingerprint density at radius 2 is 1.68 bits per heavy atom. The predicted octanol–water partition coefficient (Wildman–Crippen LogP) is 2.01. The molecule has 1 rings (SSSR count). The van der Waals surface area contributed by atoms with Gasteiger partial charge >= 0.3 is 12.0 Å². The molecule has 8 heteroatoms. The highest BCUT2D eigenvalue weighted by Crippen LogP contribution is 2.38. The average molecular weight is 354 g/mol. The molecule has 0 saturated heterocycles. The molecule has 8 nitrogen and oxygen atoms in total. The standard InChI is InChI=1S/C17H26N2O6/c1-6-10(2)14(16(20)21)19-17(22)18-9-11-7-12(23-3)15(25-5)13(8-11)24-4/h7-8,10,14H,6,9H2,1-5H3,(H,20,21)(H2,18,19,22). The highest BCUT2D eigenvalue weighted by molar-refractivity contribution is 5.82. The number of hydrogen-bond donors (Lipinski definition) is 3. The van der Waals surface area contributed by atoms with Crippen molar-refractivity contribution in [1.82, 2.24) is 10.6 Å². The van der Waals surface area contributed by atoms with Gasteiger partial charge < -0.3 is 30.0 Å². The van der Waals surface area contributed by atoms with Gasteiger partial charge in [-0.3, -0.25) is 0 Å². The lowest BCUT2D eigenvalue weighted by atomic mass is 9.99. The van der Waals surface area contributed by atoms with Crippen LogP contribution in [0.15, 0.2) is 12.1 Å². The number of carboxylic acid groups (broad SMARTS) is 1. The summed E-state index contributed by atoms with van der Waals surface area (Å²) in [6.07, 6.45) is 0.643. The van der Waals surface area contributed by atoms with Gasteiger partial charge in [-0.25, -0.2) is 9.59 Å². The predicted molar refractivity (Wildman–Crippen MR) is 92.3 cm³/mol. The molecule has 0 aromatic heterocycles. The minimum Gasteiger partial charge on any atom is -0.493 e. The van der Waals surface area contributed by atoms with E-state index >= 15 is 0 Å². The molecule has 0 fully saturated rings. The summed E-state index contributed by atoms with van der Waals surface area (Å²) in [7, 11) is 4.52. The lowest BCUT2D eigenvalue weighted by molar-refractivity contribution is -0.140. The van der Waals surface area contributed by atoms with Crippen molar-refractivity contribution in [2.75, 3.05) is 21.3 Å². The van der Waals surface area contributed by atoms with Crippen molar-refractivity contribution in [3.8, 4) is 17.2 Å². The molecule has 140 valence electrons. The highest BCUT2D eigenvalue weighted by Gasteiger charge is 2.25. The molecule has 2 atom stereocenters. The van der Waals surface area contributed by atoms with Crippen LogP contribution in [-0.4, -0.2) is 44.5 Å². The van der Waals surface area contributed by atoms with Crippen LogP contribution < -0.4 is 24.8 Å². The first kappa shape index (κ1) is 20.4. The lowest BCUT2D eigenvalue weighted by Crippen LogP contribution is -2.48. The van der Waals surface area contributed by atoms with Gasteiger partial charge in [0.1, 0.15) is 6.04 Å². The number of aliphatic carboxylic acids is 1. The number of carbonyl (C=O) groups excluding carboxylic acids is 1. The van der Waals surface area contributed by atoms with E-state index in [1.165, 1.54) is 21.3 Å². The van der Waals surface area contributed by atoms with Gasteiger partial charge in [0, 0.05) is 6.54 Å². The fraction of sp³-hybridized carbons (Fsp3) is 0.529. The molecule has 2 unspecified atom stereocenters. The van der Waals surface area contributed by atoms with Crippen molar-refractivity contribution in [2.45, 2.75) is 32.9 Å².